The summed E-state index contributed by atoms with van der Waals surface area (Å²) in [6.07, 6.45) is 0. The van der Waals surface area contributed by atoms with E-state index >= 15 is 0 Å². The molecule has 0 saturated carbocycles. The van der Waals surface area contributed by atoms with Gasteiger partial charge >= 0.3 is 0 Å². The summed E-state index contributed by atoms with van der Waals surface area (Å²) in [4.78, 5) is 23.0. The molecule has 0 aliphatic heterocycles. The fourth-order valence-electron chi connectivity index (χ4n) is 3.04. The number of aryl methyl sites for hydroxylation is 3. The lowest BCUT2D eigenvalue weighted by molar-refractivity contribution is -0.385. The van der Waals surface area contributed by atoms with E-state index in [9.17, 15) is 23.3 Å². The molecule has 0 bridgehead atoms. The largest absolute Gasteiger partial charge is 0.322 e. The van der Waals surface area contributed by atoms with Gasteiger partial charge in [0.15, 0.2) is 0 Å². The molecule has 3 rings (SSSR count). The van der Waals surface area contributed by atoms with Crippen LogP contribution in [0.3, 0.4) is 0 Å². The highest BCUT2D eigenvalue weighted by Gasteiger charge is 2.18. The van der Waals surface area contributed by atoms with E-state index < -0.39 is 20.9 Å². The monoisotopic (exact) mass is 439 g/mol. The molecule has 0 radical (unpaired) electrons. The number of nitro benzene ring substituents is 1. The molecule has 0 aliphatic rings. The number of para-hydroxylation sites is 1. The van der Waals surface area contributed by atoms with Crippen molar-refractivity contribution in [3.63, 3.8) is 0 Å². The first-order chi connectivity index (χ1) is 14.6. The van der Waals surface area contributed by atoms with Crippen molar-refractivity contribution in [3.05, 3.63) is 93.0 Å². The highest BCUT2D eigenvalue weighted by Crippen LogP contribution is 2.25. The molecule has 2 N–H and O–H groups in total. The van der Waals surface area contributed by atoms with Crippen LogP contribution < -0.4 is 10.0 Å². The molecule has 0 heterocycles. The number of benzene rings is 3. The SMILES string of the molecule is Cc1ccc(C(=O)Nc2ccc(S(=O)(=O)Nc3c(C)cccc3C)cc2)cc1[N+](=O)[O-]. The molecule has 3 aromatic carbocycles. The van der Waals surface area contributed by atoms with Crippen LogP contribution in [0.2, 0.25) is 0 Å². The van der Waals surface area contributed by atoms with Crippen molar-refractivity contribution in [1.29, 1.82) is 0 Å². The van der Waals surface area contributed by atoms with Crippen LogP contribution in [-0.4, -0.2) is 19.2 Å². The number of hydrogen-bond donors (Lipinski definition) is 2. The first kappa shape index (κ1) is 22.0. The molecule has 0 spiro atoms. The van der Waals surface area contributed by atoms with E-state index in [-0.39, 0.29) is 16.1 Å². The zero-order chi connectivity index (χ0) is 22.8. The van der Waals surface area contributed by atoms with Gasteiger partial charge in [-0.05, 0) is 62.2 Å². The highest BCUT2D eigenvalue weighted by molar-refractivity contribution is 7.92. The van der Waals surface area contributed by atoms with Crippen LogP contribution in [0.4, 0.5) is 17.1 Å². The first-order valence-corrected chi connectivity index (χ1v) is 10.8. The summed E-state index contributed by atoms with van der Waals surface area (Å²) < 4.78 is 28.1. The molecular formula is C22H21N3O5S. The van der Waals surface area contributed by atoms with Gasteiger partial charge in [-0.1, -0.05) is 24.3 Å². The van der Waals surface area contributed by atoms with Gasteiger partial charge < -0.3 is 5.32 Å². The van der Waals surface area contributed by atoms with Crippen molar-refractivity contribution in [3.8, 4) is 0 Å². The predicted octanol–water partition coefficient (Wildman–Crippen LogP) is 4.57. The Morgan fingerprint density at radius 2 is 1.52 bits per heavy atom. The summed E-state index contributed by atoms with van der Waals surface area (Å²) in [5.41, 5.74) is 2.93. The van der Waals surface area contributed by atoms with Crippen LogP contribution in [0.15, 0.2) is 65.6 Å². The van der Waals surface area contributed by atoms with Gasteiger partial charge in [0.25, 0.3) is 21.6 Å². The summed E-state index contributed by atoms with van der Waals surface area (Å²) in [6, 6.07) is 15.4. The normalized spacial score (nSPS) is 11.1. The standard InChI is InChI=1S/C22H21N3O5S/c1-14-7-8-17(13-20(14)25(27)28)22(26)23-18-9-11-19(12-10-18)31(29,30)24-21-15(2)5-4-6-16(21)3/h4-13,24H,1-3H3,(H,23,26). The van der Waals surface area contributed by atoms with E-state index in [0.29, 0.717) is 16.9 Å². The first-order valence-electron chi connectivity index (χ1n) is 9.34. The minimum Gasteiger partial charge on any atom is -0.322 e. The van der Waals surface area contributed by atoms with Gasteiger partial charge in [-0.2, -0.15) is 0 Å². The Balaban J connectivity index is 1.78. The van der Waals surface area contributed by atoms with Gasteiger partial charge in [-0.3, -0.25) is 19.6 Å². The minimum atomic E-state index is -3.81. The molecule has 160 valence electrons. The number of carbonyl (C=O) groups is 1. The Labute approximate surface area is 180 Å². The van der Waals surface area contributed by atoms with Gasteiger partial charge in [0.1, 0.15) is 0 Å². The van der Waals surface area contributed by atoms with Gasteiger partial charge in [-0.25, -0.2) is 8.42 Å². The fraction of sp³-hybridized carbons (Fsp3) is 0.136. The summed E-state index contributed by atoms with van der Waals surface area (Å²) >= 11 is 0. The Bertz CT molecular complexity index is 1250. The molecule has 31 heavy (non-hydrogen) atoms. The van der Waals surface area contributed by atoms with Crippen molar-refractivity contribution >= 4 is 33.0 Å². The fourth-order valence-corrected chi connectivity index (χ4v) is 4.24. The lowest BCUT2D eigenvalue weighted by atomic mass is 10.1. The van der Waals surface area contributed by atoms with Crippen LogP contribution >= 0.6 is 0 Å². The van der Waals surface area contributed by atoms with Crippen molar-refractivity contribution in [2.24, 2.45) is 0 Å². The van der Waals surface area contributed by atoms with Gasteiger partial charge in [0.2, 0.25) is 0 Å². The third kappa shape index (κ3) is 4.89. The predicted molar refractivity (Wildman–Crippen MR) is 119 cm³/mol. The van der Waals surface area contributed by atoms with E-state index in [2.05, 4.69) is 10.0 Å². The van der Waals surface area contributed by atoms with Gasteiger partial charge in [-0.15, -0.1) is 0 Å². The zero-order valence-corrected chi connectivity index (χ0v) is 18.0. The van der Waals surface area contributed by atoms with Gasteiger partial charge in [0.05, 0.1) is 15.5 Å². The van der Waals surface area contributed by atoms with Crippen molar-refractivity contribution in [1.82, 2.24) is 0 Å². The second kappa shape index (κ2) is 8.57. The van der Waals surface area contributed by atoms with Crippen molar-refractivity contribution in [2.45, 2.75) is 25.7 Å². The average Bonchev–Trinajstić information content (AvgIpc) is 2.71. The lowest BCUT2D eigenvalue weighted by Crippen LogP contribution is -2.15. The average molecular weight is 439 g/mol. The maximum Gasteiger partial charge on any atom is 0.273 e. The second-order valence-electron chi connectivity index (χ2n) is 7.11. The van der Waals surface area contributed by atoms with E-state index in [0.717, 1.165) is 11.1 Å². The summed E-state index contributed by atoms with van der Waals surface area (Å²) in [5.74, 6) is -0.535. The van der Waals surface area contributed by atoms with Crippen molar-refractivity contribution in [2.75, 3.05) is 10.0 Å². The summed E-state index contributed by atoms with van der Waals surface area (Å²) in [7, 11) is -3.81. The number of nitrogens with zero attached hydrogens (tertiary/aromatic N) is 1. The molecule has 0 fully saturated rings. The second-order valence-corrected chi connectivity index (χ2v) is 8.79. The maximum atomic E-state index is 12.7. The number of amides is 1. The minimum absolute atomic E-state index is 0.0409. The molecule has 0 unspecified atom stereocenters. The number of nitrogens with one attached hydrogen (secondary N) is 2. The van der Waals surface area contributed by atoms with Crippen LogP contribution in [-0.2, 0) is 10.0 Å². The van der Waals surface area contributed by atoms with Gasteiger partial charge in [0, 0.05) is 22.9 Å². The molecule has 3 aromatic rings. The van der Waals surface area contributed by atoms with Crippen LogP contribution in [0.25, 0.3) is 0 Å². The molecule has 0 aromatic heterocycles. The number of nitro groups is 1. The third-order valence-electron chi connectivity index (χ3n) is 4.81. The number of sulfonamides is 1. The van der Waals surface area contributed by atoms with E-state index in [4.69, 9.17) is 0 Å². The lowest BCUT2D eigenvalue weighted by Gasteiger charge is -2.13. The Hall–Kier alpha value is -3.72. The number of hydrogen-bond acceptors (Lipinski definition) is 5. The Morgan fingerprint density at radius 3 is 2.10 bits per heavy atom. The number of rotatable bonds is 6. The molecule has 1 amide bonds. The third-order valence-corrected chi connectivity index (χ3v) is 6.17. The quantitative estimate of drug-likeness (QED) is 0.431. The Morgan fingerprint density at radius 1 is 0.903 bits per heavy atom. The molecule has 0 atom stereocenters. The van der Waals surface area contributed by atoms with E-state index in [1.165, 1.54) is 42.5 Å². The maximum absolute atomic E-state index is 12.7. The topological polar surface area (TPSA) is 118 Å². The number of anilines is 2. The highest BCUT2D eigenvalue weighted by atomic mass is 32.2. The molecule has 9 heteroatoms. The van der Waals surface area contributed by atoms with E-state index in [1.54, 1.807) is 6.92 Å². The summed E-state index contributed by atoms with van der Waals surface area (Å²) in [6.45, 7) is 5.23. The number of carbonyl (C=O) groups excluding carboxylic acids is 1. The van der Waals surface area contributed by atoms with E-state index in [1.807, 2.05) is 32.0 Å². The van der Waals surface area contributed by atoms with Crippen molar-refractivity contribution < 1.29 is 18.1 Å². The smallest absolute Gasteiger partial charge is 0.273 e. The molecular weight excluding hydrogens is 418 g/mol. The molecule has 0 aliphatic carbocycles. The Kier molecular flexibility index (Phi) is 6.07. The molecule has 8 nitrogen and oxygen atoms in total. The zero-order valence-electron chi connectivity index (χ0n) is 17.2. The van der Waals surface area contributed by atoms with Crippen LogP contribution in [0.1, 0.15) is 27.0 Å². The van der Waals surface area contributed by atoms with Crippen LogP contribution in [0, 0.1) is 30.9 Å². The van der Waals surface area contributed by atoms with Crippen LogP contribution in [0.5, 0.6) is 0 Å². The molecule has 0 saturated heterocycles. The summed E-state index contributed by atoms with van der Waals surface area (Å²) in [5, 5.41) is 13.7.